The normalized spacial score (nSPS) is 14.7. The lowest BCUT2D eigenvalue weighted by Crippen LogP contribution is -2.08. The van der Waals surface area contributed by atoms with Crippen molar-refractivity contribution >= 4 is 7.82 Å². The zero-order valence-corrected chi connectivity index (χ0v) is 8.39. The summed E-state index contributed by atoms with van der Waals surface area (Å²) in [5.41, 5.74) is 5.12. The second-order valence-electron chi connectivity index (χ2n) is 2.49. The van der Waals surface area contributed by atoms with Gasteiger partial charge in [-0.3, -0.25) is 9.42 Å². The van der Waals surface area contributed by atoms with Crippen molar-refractivity contribution in [3.63, 3.8) is 0 Å². The minimum absolute atomic E-state index is 0.0133. The van der Waals surface area contributed by atoms with Gasteiger partial charge in [0, 0.05) is 6.54 Å². The van der Waals surface area contributed by atoms with E-state index in [9.17, 15) is 4.57 Å². The summed E-state index contributed by atoms with van der Waals surface area (Å²) < 4.78 is 20.5. The summed E-state index contributed by atoms with van der Waals surface area (Å²) in [5, 5.41) is 0. The molecule has 14 heavy (non-hydrogen) atoms. The second kappa shape index (κ2) is 5.12. The minimum atomic E-state index is -4.01. The third-order valence-corrected chi connectivity index (χ3v) is 2.29. The van der Waals surface area contributed by atoms with Gasteiger partial charge >= 0.3 is 7.82 Å². The van der Waals surface area contributed by atoms with E-state index < -0.39 is 7.82 Å². The summed E-state index contributed by atoms with van der Waals surface area (Å²) in [6.45, 7) is 0.156. The van der Waals surface area contributed by atoms with Gasteiger partial charge in [0.2, 0.25) is 0 Å². The highest BCUT2D eigenvalue weighted by atomic mass is 31.2. The quantitative estimate of drug-likeness (QED) is 0.723. The van der Waals surface area contributed by atoms with Gasteiger partial charge in [-0.25, -0.2) is 4.57 Å². The molecule has 0 aromatic heterocycles. The molecule has 1 rings (SSSR count). The number of phosphoric ester groups is 1. The van der Waals surface area contributed by atoms with Crippen molar-refractivity contribution < 1.29 is 18.5 Å². The predicted octanol–water partition coefficient (Wildman–Crippen LogP) is 1.14. The van der Waals surface area contributed by atoms with Gasteiger partial charge in [-0.05, 0) is 12.1 Å². The van der Waals surface area contributed by atoms with Crippen LogP contribution >= 0.6 is 7.82 Å². The lowest BCUT2D eigenvalue weighted by molar-refractivity contribution is 0.208. The smallest absolute Gasteiger partial charge is 0.404 e. The van der Waals surface area contributed by atoms with Crippen molar-refractivity contribution in [2.75, 3.05) is 13.2 Å². The van der Waals surface area contributed by atoms with Gasteiger partial charge in [-0.2, -0.15) is 0 Å². The first-order valence-corrected chi connectivity index (χ1v) is 5.55. The van der Waals surface area contributed by atoms with E-state index in [1.807, 2.05) is 0 Å². The van der Waals surface area contributed by atoms with Crippen molar-refractivity contribution in [3.8, 4) is 5.75 Å². The van der Waals surface area contributed by atoms with Gasteiger partial charge in [-0.15, -0.1) is 0 Å². The third kappa shape index (κ3) is 3.89. The number of para-hydroxylation sites is 1. The first kappa shape index (κ1) is 11.2. The van der Waals surface area contributed by atoms with E-state index in [-0.39, 0.29) is 18.9 Å². The maximum Gasteiger partial charge on any atom is 0.527 e. The van der Waals surface area contributed by atoms with Crippen LogP contribution in [-0.2, 0) is 9.09 Å². The Balaban J connectivity index is 2.55. The minimum Gasteiger partial charge on any atom is -0.404 e. The molecule has 0 aliphatic heterocycles. The third-order valence-electron chi connectivity index (χ3n) is 1.34. The molecule has 1 aromatic carbocycles. The summed E-state index contributed by atoms with van der Waals surface area (Å²) in [6.07, 6.45) is 0. The van der Waals surface area contributed by atoms with Gasteiger partial charge in [0.25, 0.3) is 0 Å². The van der Waals surface area contributed by atoms with E-state index in [1.165, 1.54) is 0 Å². The fourth-order valence-electron chi connectivity index (χ4n) is 0.809. The molecule has 0 radical (unpaired) electrons. The molecule has 0 heterocycles. The van der Waals surface area contributed by atoms with Crippen LogP contribution in [0.3, 0.4) is 0 Å². The fraction of sp³-hybridized carbons (Fsp3) is 0.250. The van der Waals surface area contributed by atoms with E-state index in [0.29, 0.717) is 0 Å². The molecular formula is C8H12NO4P. The summed E-state index contributed by atoms with van der Waals surface area (Å²) >= 11 is 0. The maximum absolute atomic E-state index is 11.2. The van der Waals surface area contributed by atoms with E-state index in [1.54, 1.807) is 30.3 Å². The largest absolute Gasteiger partial charge is 0.527 e. The Labute approximate surface area is 82.1 Å². The predicted molar refractivity (Wildman–Crippen MR) is 51.9 cm³/mol. The fourth-order valence-corrected chi connectivity index (χ4v) is 1.59. The molecule has 1 aromatic rings. The lowest BCUT2D eigenvalue weighted by Gasteiger charge is -2.11. The number of phosphoric acid groups is 1. The number of hydrogen-bond donors (Lipinski definition) is 2. The second-order valence-corrected chi connectivity index (χ2v) is 3.87. The summed E-state index contributed by atoms with van der Waals surface area (Å²) in [6, 6.07) is 8.29. The zero-order valence-electron chi connectivity index (χ0n) is 7.50. The van der Waals surface area contributed by atoms with Crippen LogP contribution < -0.4 is 10.3 Å². The Morgan fingerprint density at radius 2 is 2.00 bits per heavy atom. The van der Waals surface area contributed by atoms with E-state index in [4.69, 9.17) is 15.2 Å². The van der Waals surface area contributed by atoms with Gasteiger partial charge in [0.05, 0.1) is 6.61 Å². The molecule has 1 atom stereocenters. The number of rotatable bonds is 5. The van der Waals surface area contributed by atoms with Gasteiger partial charge in [-0.1, -0.05) is 18.2 Å². The average Bonchev–Trinajstić information content (AvgIpc) is 2.16. The van der Waals surface area contributed by atoms with Crippen molar-refractivity contribution in [1.29, 1.82) is 0 Å². The molecule has 5 nitrogen and oxygen atoms in total. The van der Waals surface area contributed by atoms with Crippen molar-refractivity contribution in [2.45, 2.75) is 0 Å². The average molecular weight is 217 g/mol. The highest BCUT2D eigenvalue weighted by molar-refractivity contribution is 7.47. The molecular weight excluding hydrogens is 205 g/mol. The summed E-state index contributed by atoms with van der Waals surface area (Å²) in [5.74, 6) is 0.287. The Kier molecular flexibility index (Phi) is 4.10. The van der Waals surface area contributed by atoms with Crippen LogP contribution in [0.2, 0.25) is 0 Å². The molecule has 0 aliphatic rings. The molecule has 1 unspecified atom stereocenters. The molecule has 0 saturated carbocycles. The highest BCUT2D eigenvalue weighted by Gasteiger charge is 2.21. The first-order chi connectivity index (χ1) is 6.64. The number of nitrogens with two attached hydrogens (primary N) is 1. The van der Waals surface area contributed by atoms with Crippen LogP contribution in [0.1, 0.15) is 0 Å². The van der Waals surface area contributed by atoms with Crippen LogP contribution in [0.5, 0.6) is 5.75 Å². The van der Waals surface area contributed by atoms with Crippen molar-refractivity contribution in [2.24, 2.45) is 5.73 Å². The molecule has 0 spiro atoms. The zero-order chi connectivity index (χ0) is 10.4. The number of hydrogen-bond acceptors (Lipinski definition) is 4. The molecule has 0 aliphatic carbocycles. The topological polar surface area (TPSA) is 81.8 Å². The molecule has 78 valence electrons. The summed E-state index contributed by atoms with van der Waals surface area (Å²) in [4.78, 5) is 9.15. The van der Waals surface area contributed by atoms with Crippen molar-refractivity contribution in [3.05, 3.63) is 30.3 Å². The van der Waals surface area contributed by atoms with Crippen LogP contribution in [0.15, 0.2) is 30.3 Å². The number of benzene rings is 1. The van der Waals surface area contributed by atoms with E-state index in [2.05, 4.69) is 4.52 Å². The molecule has 0 saturated heterocycles. The molecule has 3 N–H and O–H groups in total. The van der Waals surface area contributed by atoms with Crippen LogP contribution in [0, 0.1) is 0 Å². The molecule has 0 fully saturated rings. The van der Waals surface area contributed by atoms with Crippen LogP contribution in [-0.4, -0.2) is 18.0 Å². The Morgan fingerprint density at radius 3 is 2.57 bits per heavy atom. The van der Waals surface area contributed by atoms with Gasteiger partial charge < -0.3 is 10.3 Å². The SMILES string of the molecule is NCCOP(=O)(O)Oc1ccccc1. The van der Waals surface area contributed by atoms with Gasteiger partial charge in [0.1, 0.15) is 5.75 Å². The highest BCUT2D eigenvalue weighted by Crippen LogP contribution is 2.43. The van der Waals surface area contributed by atoms with Gasteiger partial charge in [0.15, 0.2) is 0 Å². The molecule has 6 heteroatoms. The van der Waals surface area contributed by atoms with E-state index >= 15 is 0 Å². The monoisotopic (exact) mass is 217 g/mol. The van der Waals surface area contributed by atoms with Crippen LogP contribution in [0.4, 0.5) is 0 Å². The Bertz CT molecular complexity index is 316. The Hall–Kier alpha value is -0.870. The van der Waals surface area contributed by atoms with E-state index in [0.717, 1.165) is 0 Å². The summed E-state index contributed by atoms with van der Waals surface area (Å²) in [7, 11) is -4.01. The Morgan fingerprint density at radius 1 is 1.36 bits per heavy atom. The standard InChI is InChI=1S/C8H12NO4P/c9-6-7-12-14(10,11)13-8-4-2-1-3-5-8/h1-5H,6-7,9H2,(H,10,11). The maximum atomic E-state index is 11.2. The first-order valence-electron chi connectivity index (χ1n) is 4.06. The molecule has 0 bridgehead atoms. The van der Waals surface area contributed by atoms with Crippen molar-refractivity contribution in [1.82, 2.24) is 0 Å². The van der Waals surface area contributed by atoms with Crippen LogP contribution in [0.25, 0.3) is 0 Å². The molecule has 0 amide bonds. The lowest BCUT2D eigenvalue weighted by atomic mass is 10.3.